The van der Waals surface area contributed by atoms with Gasteiger partial charge in [-0.3, -0.25) is 4.79 Å². The first-order valence-electron chi connectivity index (χ1n) is 11.0. The minimum Gasteiger partial charge on any atom is -0.454 e. The average Bonchev–Trinajstić information content (AvgIpc) is 3.51. The van der Waals surface area contributed by atoms with Crippen LogP contribution in [0, 0.1) is 0 Å². The number of hydrogen-bond acceptors (Lipinski definition) is 7. The van der Waals surface area contributed by atoms with Gasteiger partial charge in [-0.1, -0.05) is 29.8 Å². The van der Waals surface area contributed by atoms with Gasteiger partial charge in [-0.05, 0) is 42.0 Å². The molecule has 3 heterocycles. The fourth-order valence-electron chi connectivity index (χ4n) is 4.21. The SMILES string of the molecule is O=c1[nH]c2cc3c(cc2cc1CN(Cc1ccc2c(c1)OCO2)S(=O)(=O)c1ccccc1Cl)OCO3. The molecular formula is C25H19ClN2O7S. The number of nitrogens with one attached hydrogen (secondary N) is 1. The molecule has 0 radical (unpaired) electrons. The van der Waals surface area contributed by atoms with Crippen molar-refractivity contribution in [3.8, 4) is 23.0 Å². The standard InChI is InChI=1S/C25H19ClN2O7S/c26-18-3-1-2-4-24(18)36(30,31)28(11-15-5-6-20-21(7-15)33-13-32-20)12-17-8-16-9-22-23(35-14-34-22)10-19(16)27-25(17)29/h1-10H,11-14H2,(H,27,29). The van der Waals surface area contributed by atoms with Crippen molar-refractivity contribution in [3.05, 3.63) is 87.2 Å². The van der Waals surface area contributed by atoms with Gasteiger partial charge in [-0.2, -0.15) is 4.31 Å². The highest BCUT2D eigenvalue weighted by atomic mass is 35.5. The predicted molar refractivity (Wildman–Crippen MR) is 131 cm³/mol. The molecule has 0 atom stereocenters. The Balaban J connectivity index is 1.42. The van der Waals surface area contributed by atoms with Crippen LogP contribution < -0.4 is 24.5 Å². The van der Waals surface area contributed by atoms with E-state index in [1.807, 2.05) is 0 Å². The van der Waals surface area contributed by atoms with Gasteiger partial charge in [0.25, 0.3) is 5.56 Å². The number of nitrogens with zero attached hydrogens (tertiary/aromatic N) is 1. The van der Waals surface area contributed by atoms with Crippen LogP contribution in [0.3, 0.4) is 0 Å². The van der Waals surface area contributed by atoms with Gasteiger partial charge >= 0.3 is 0 Å². The number of rotatable bonds is 6. The van der Waals surface area contributed by atoms with E-state index in [1.54, 1.807) is 48.5 Å². The lowest BCUT2D eigenvalue weighted by Crippen LogP contribution is -2.32. The number of halogens is 1. The molecule has 0 aliphatic carbocycles. The third-order valence-electron chi connectivity index (χ3n) is 6.01. The summed E-state index contributed by atoms with van der Waals surface area (Å²) in [5, 5.41) is 0.778. The molecule has 1 N–H and O–H groups in total. The molecule has 9 nitrogen and oxygen atoms in total. The maximum Gasteiger partial charge on any atom is 0.252 e. The molecule has 2 aliphatic heterocycles. The summed E-state index contributed by atoms with van der Waals surface area (Å²) in [5.74, 6) is 2.21. The third kappa shape index (κ3) is 4.02. The molecule has 36 heavy (non-hydrogen) atoms. The Morgan fingerprint density at radius 2 is 1.53 bits per heavy atom. The van der Waals surface area contributed by atoms with E-state index in [4.69, 9.17) is 30.5 Å². The highest BCUT2D eigenvalue weighted by Crippen LogP contribution is 2.36. The molecule has 11 heteroatoms. The second-order valence-electron chi connectivity index (χ2n) is 8.31. The Labute approximate surface area is 210 Å². The van der Waals surface area contributed by atoms with E-state index in [9.17, 15) is 13.2 Å². The predicted octanol–water partition coefficient (Wildman–Crippen LogP) is 4.03. The van der Waals surface area contributed by atoms with Gasteiger partial charge in [0, 0.05) is 30.1 Å². The quantitative estimate of drug-likeness (QED) is 0.404. The summed E-state index contributed by atoms with van der Waals surface area (Å²) in [6.45, 7) is -0.0159. The number of benzene rings is 3. The smallest absolute Gasteiger partial charge is 0.252 e. The van der Waals surface area contributed by atoms with E-state index in [0.29, 0.717) is 39.5 Å². The van der Waals surface area contributed by atoms with Crippen molar-refractivity contribution < 1.29 is 27.4 Å². The van der Waals surface area contributed by atoms with Crippen LogP contribution in [-0.2, 0) is 23.1 Å². The fraction of sp³-hybridized carbons (Fsp3) is 0.160. The zero-order valence-corrected chi connectivity index (χ0v) is 20.3. The van der Waals surface area contributed by atoms with E-state index in [1.165, 1.54) is 16.4 Å². The molecule has 184 valence electrons. The molecule has 0 amide bonds. The molecule has 0 spiro atoms. The molecule has 4 aromatic rings. The summed E-state index contributed by atoms with van der Waals surface area (Å²) >= 11 is 6.26. The second kappa shape index (κ2) is 8.74. The second-order valence-corrected chi connectivity index (χ2v) is 10.6. The Bertz CT molecular complexity index is 1670. The van der Waals surface area contributed by atoms with Crippen LogP contribution in [-0.4, -0.2) is 31.3 Å². The number of H-pyrrole nitrogens is 1. The minimum atomic E-state index is -4.09. The molecular weight excluding hydrogens is 508 g/mol. The first-order chi connectivity index (χ1) is 17.4. The van der Waals surface area contributed by atoms with Crippen LogP contribution in [0.5, 0.6) is 23.0 Å². The van der Waals surface area contributed by atoms with Crippen LogP contribution >= 0.6 is 11.6 Å². The number of fused-ring (bicyclic) bond motifs is 3. The van der Waals surface area contributed by atoms with Gasteiger partial charge in [0.15, 0.2) is 23.0 Å². The molecule has 2 aliphatic rings. The first-order valence-corrected chi connectivity index (χ1v) is 12.8. The molecule has 1 aromatic heterocycles. The molecule has 0 saturated heterocycles. The van der Waals surface area contributed by atoms with E-state index in [-0.39, 0.29) is 42.2 Å². The molecule has 6 rings (SSSR count). The summed E-state index contributed by atoms with van der Waals surface area (Å²) in [6.07, 6.45) is 0. The number of pyridine rings is 1. The van der Waals surface area contributed by atoms with E-state index >= 15 is 0 Å². The molecule has 0 fully saturated rings. The minimum absolute atomic E-state index is 0.0250. The molecule has 0 bridgehead atoms. The number of aromatic amines is 1. The lowest BCUT2D eigenvalue weighted by molar-refractivity contribution is 0.173. The van der Waals surface area contributed by atoms with Gasteiger partial charge in [0.05, 0.1) is 10.5 Å². The Kier molecular flexibility index (Phi) is 5.51. The summed E-state index contributed by atoms with van der Waals surface area (Å²) in [6, 6.07) is 16.5. The summed E-state index contributed by atoms with van der Waals surface area (Å²) in [7, 11) is -4.09. The largest absolute Gasteiger partial charge is 0.454 e. The Hall–Kier alpha value is -3.73. The van der Waals surface area contributed by atoms with Crippen molar-refractivity contribution >= 4 is 32.5 Å². The maximum atomic E-state index is 13.8. The average molecular weight is 527 g/mol. The molecule has 0 saturated carbocycles. The van der Waals surface area contributed by atoms with Gasteiger partial charge in [-0.25, -0.2) is 8.42 Å². The number of hydrogen-bond donors (Lipinski definition) is 1. The van der Waals surface area contributed by atoms with Crippen molar-refractivity contribution in [1.29, 1.82) is 0 Å². The van der Waals surface area contributed by atoms with Crippen molar-refractivity contribution in [2.75, 3.05) is 13.6 Å². The molecule has 3 aromatic carbocycles. The van der Waals surface area contributed by atoms with Gasteiger partial charge in [0.1, 0.15) is 4.90 Å². The third-order valence-corrected chi connectivity index (χ3v) is 8.30. The lowest BCUT2D eigenvalue weighted by atomic mass is 10.1. The van der Waals surface area contributed by atoms with Crippen molar-refractivity contribution in [2.24, 2.45) is 0 Å². The normalized spacial score (nSPS) is 14.1. The lowest BCUT2D eigenvalue weighted by Gasteiger charge is -2.23. The van der Waals surface area contributed by atoms with Crippen LogP contribution in [0.25, 0.3) is 10.9 Å². The highest BCUT2D eigenvalue weighted by molar-refractivity contribution is 7.89. The number of sulfonamides is 1. The van der Waals surface area contributed by atoms with E-state index < -0.39 is 15.6 Å². The monoisotopic (exact) mass is 526 g/mol. The zero-order chi connectivity index (χ0) is 24.9. The maximum absolute atomic E-state index is 13.8. The van der Waals surface area contributed by atoms with E-state index in [0.717, 1.165) is 0 Å². The van der Waals surface area contributed by atoms with Crippen LogP contribution in [0.15, 0.2) is 70.4 Å². The van der Waals surface area contributed by atoms with Crippen LogP contribution in [0.1, 0.15) is 11.1 Å². The Morgan fingerprint density at radius 3 is 2.31 bits per heavy atom. The van der Waals surface area contributed by atoms with Crippen LogP contribution in [0.2, 0.25) is 5.02 Å². The number of ether oxygens (including phenoxy) is 4. The molecule has 0 unspecified atom stereocenters. The van der Waals surface area contributed by atoms with Gasteiger partial charge in [0.2, 0.25) is 23.6 Å². The van der Waals surface area contributed by atoms with Crippen molar-refractivity contribution in [2.45, 2.75) is 18.0 Å². The number of aromatic nitrogens is 1. The van der Waals surface area contributed by atoms with Gasteiger partial charge in [-0.15, -0.1) is 0 Å². The zero-order valence-electron chi connectivity index (χ0n) is 18.7. The summed E-state index contributed by atoms with van der Waals surface area (Å²) in [4.78, 5) is 15.8. The summed E-state index contributed by atoms with van der Waals surface area (Å²) < 4.78 is 50.4. The van der Waals surface area contributed by atoms with Gasteiger partial charge < -0.3 is 23.9 Å². The van der Waals surface area contributed by atoms with Crippen LogP contribution in [0.4, 0.5) is 0 Å². The fourth-order valence-corrected chi connectivity index (χ4v) is 6.11. The first kappa shape index (κ1) is 22.7. The van der Waals surface area contributed by atoms with Crippen molar-refractivity contribution in [3.63, 3.8) is 0 Å². The summed E-state index contributed by atoms with van der Waals surface area (Å²) in [5.41, 5.74) is 1.07. The van der Waals surface area contributed by atoms with Crippen molar-refractivity contribution in [1.82, 2.24) is 9.29 Å². The topological polar surface area (TPSA) is 107 Å². The highest BCUT2D eigenvalue weighted by Gasteiger charge is 2.29. The Morgan fingerprint density at radius 1 is 0.833 bits per heavy atom. The van der Waals surface area contributed by atoms with E-state index in [2.05, 4.69) is 4.98 Å².